The van der Waals surface area contributed by atoms with E-state index < -0.39 is 22.0 Å². The number of nitrogens with one attached hydrogen (secondary N) is 1. The number of aromatic nitrogens is 1. The second kappa shape index (κ2) is 11.9. The van der Waals surface area contributed by atoms with Gasteiger partial charge in [0.2, 0.25) is 0 Å². The molecule has 0 saturated heterocycles. The Morgan fingerprint density at radius 3 is 2.06 bits per heavy atom. The van der Waals surface area contributed by atoms with Gasteiger partial charge in [-0.05, 0) is 52.8 Å². The van der Waals surface area contributed by atoms with E-state index in [1.54, 1.807) is 38.4 Å². The Kier molecular flexibility index (Phi) is 9.48. The summed E-state index contributed by atoms with van der Waals surface area (Å²) in [5.74, 6) is -1.47. The fourth-order valence-corrected chi connectivity index (χ4v) is 5.12. The number of pyridine rings is 1. The summed E-state index contributed by atoms with van der Waals surface area (Å²) in [6.45, 7) is 9.17. The first-order valence-corrected chi connectivity index (χ1v) is 12.8. The molecule has 0 aliphatic carbocycles. The fourth-order valence-electron chi connectivity index (χ4n) is 2.93. The van der Waals surface area contributed by atoms with Crippen molar-refractivity contribution in [1.82, 2.24) is 4.72 Å². The third-order valence-electron chi connectivity index (χ3n) is 4.28. The highest BCUT2D eigenvalue weighted by Gasteiger charge is 2.32. The first kappa shape index (κ1) is 26.4. The van der Waals surface area contributed by atoms with Crippen LogP contribution in [-0.2, 0) is 29.1 Å². The predicted octanol–water partition coefficient (Wildman–Crippen LogP) is 2.86. The van der Waals surface area contributed by atoms with Gasteiger partial charge >= 0.3 is 17.6 Å². The molecule has 1 N–H and O–H groups in total. The van der Waals surface area contributed by atoms with Gasteiger partial charge in [-0.2, -0.15) is 4.57 Å². The Hall–Kier alpha value is -2.85. The van der Waals surface area contributed by atoms with Crippen molar-refractivity contribution in [3.8, 4) is 0 Å². The summed E-state index contributed by atoms with van der Waals surface area (Å²) in [6, 6.07) is 8.21. The topological polar surface area (TPSA) is 103 Å². The lowest BCUT2D eigenvalue weighted by atomic mass is 10.2. The van der Waals surface area contributed by atoms with Crippen molar-refractivity contribution in [3.05, 3.63) is 64.4 Å². The second-order valence-corrected chi connectivity index (χ2v) is 9.88. The molecule has 2 aromatic rings. The Morgan fingerprint density at radius 2 is 1.52 bits per heavy atom. The summed E-state index contributed by atoms with van der Waals surface area (Å²) in [4.78, 5) is 25.0. The second-order valence-electron chi connectivity index (χ2n) is 7.21. The van der Waals surface area contributed by atoms with Crippen LogP contribution in [0.5, 0.6) is 0 Å². The molecule has 1 aromatic carbocycles. The molecular weight excluding hydrogens is 464 g/mol. The van der Waals surface area contributed by atoms with Crippen molar-refractivity contribution in [3.63, 3.8) is 0 Å². The van der Waals surface area contributed by atoms with Gasteiger partial charge in [0.25, 0.3) is 10.0 Å². The molecule has 1 heterocycles. The number of aryl methyl sites for hydroxylation is 3. The van der Waals surface area contributed by atoms with E-state index in [1.807, 2.05) is 26.8 Å². The number of hydrogen-bond acceptors (Lipinski definition) is 7. The van der Waals surface area contributed by atoms with Crippen molar-refractivity contribution in [2.75, 3.05) is 19.0 Å². The van der Waals surface area contributed by atoms with Crippen LogP contribution in [-0.4, -0.2) is 39.3 Å². The number of esters is 2. The quantitative estimate of drug-likeness (QED) is 0.308. The highest BCUT2D eigenvalue weighted by molar-refractivity contribution is 8.04. The number of nitrogens with zero attached hydrogens (tertiary/aromatic N) is 1. The number of carbonyl (C=O) groups is 2. The highest BCUT2D eigenvalue weighted by atomic mass is 32.2. The van der Waals surface area contributed by atoms with Gasteiger partial charge in [0, 0.05) is 11.1 Å². The summed E-state index contributed by atoms with van der Waals surface area (Å²) < 4.78 is 40.5. The zero-order chi connectivity index (χ0) is 24.6. The number of benzene rings is 1. The third kappa shape index (κ3) is 7.61. The third-order valence-corrected chi connectivity index (χ3v) is 6.74. The van der Waals surface area contributed by atoms with Crippen LogP contribution in [0.2, 0.25) is 0 Å². The van der Waals surface area contributed by atoms with Gasteiger partial charge in [0.05, 0.1) is 23.9 Å². The summed E-state index contributed by atoms with van der Waals surface area (Å²) in [5, 5.41) is -0.0444. The Labute approximate surface area is 199 Å². The molecule has 0 radical (unpaired) electrons. The first-order valence-electron chi connectivity index (χ1n) is 10.4. The van der Waals surface area contributed by atoms with Gasteiger partial charge in [-0.15, -0.1) is 0 Å². The standard InChI is InChI=1S/C23H28N2O6S2/c1-6-30-20(26)15-32-22(24-33(28,29)19-10-8-16(3)9-11-19)21(23(27)31-7-2)25-13-17(4)12-18(5)14-25/h8-14H,6-7,15H2,1-5H3/p+1. The minimum absolute atomic E-state index is 0.0240. The van der Waals surface area contributed by atoms with Gasteiger partial charge < -0.3 is 9.47 Å². The van der Waals surface area contributed by atoms with Crippen molar-refractivity contribution < 1.29 is 32.0 Å². The van der Waals surface area contributed by atoms with E-state index in [0.29, 0.717) is 0 Å². The van der Waals surface area contributed by atoms with Crippen LogP contribution in [0.25, 0.3) is 5.70 Å². The van der Waals surface area contributed by atoms with Gasteiger partial charge in [-0.25, -0.2) is 13.2 Å². The Bertz CT molecular complexity index is 1120. The molecule has 0 fully saturated rings. The lowest BCUT2D eigenvalue weighted by Crippen LogP contribution is -2.41. The zero-order valence-electron chi connectivity index (χ0n) is 19.4. The molecule has 0 atom stereocenters. The van der Waals surface area contributed by atoms with Gasteiger partial charge in [0.15, 0.2) is 17.4 Å². The van der Waals surface area contributed by atoms with E-state index in [9.17, 15) is 18.0 Å². The van der Waals surface area contributed by atoms with E-state index in [4.69, 9.17) is 9.47 Å². The van der Waals surface area contributed by atoms with Gasteiger partial charge in [-0.3, -0.25) is 9.52 Å². The predicted molar refractivity (Wildman–Crippen MR) is 127 cm³/mol. The molecule has 0 bridgehead atoms. The molecule has 33 heavy (non-hydrogen) atoms. The normalized spacial score (nSPS) is 12.0. The lowest BCUT2D eigenvalue weighted by Gasteiger charge is -2.13. The maximum atomic E-state index is 13.1. The lowest BCUT2D eigenvalue weighted by molar-refractivity contribution is -0.579. The van der Waals surface area contributed by atoms with Crippen LogP contribution in [0.4, 0.5) is 0 Å². The van der Waals surface area contributed by atoms with Crippen LogP contribution in [0.1, 0.15) is 30.5 Å². The van der Waals surface area contributed by atoms with E-state index in [1.165, 1.54) is 16.7 Å². The summed E-state index contributed by atoms with van der Waals surface area (Å²) in [6.07, 6.45) is 3.37. The van der Waals surface area contributed by atoms with Crippen molar-refractivity contribution in [2.24, 2.45) is 0 Å². The molecule has 178 valence electrons. The smallest absolute Gasteiger partial charge is 0.407 e. The zero-order valence-corrected chi connectivity index (χ0v) is 21.0. The van der Waals surface area contributed by atoms with Crippen molar-refractivity contribution in [1.29, 1.82) is 0 Å². The fraction of sp³-hybridized carbons (Fsp3) is 0.348. The summed E-state index contributed by atoms with van der Waals surface area (Å²) in [7, 11) is -4.06. The van der Waals surface area contributed by atoms with Gasteiger partial charge in [0.1, 0.15) is 0 Å². The molecule has 1 aromatic heterocycles. The minimum atomic E-state index is -4.06. The van der Waals surface area contributed by atoms with Crippen LogP contribution >= 0.6 is 11.8 Å². The number of hydrogen-bond donors (Lipinski definition) is 1. The molecule has 2 rings (SSSR count). The van der Waals surface area contributed by atoms with Crippen LogP contribution in [0.3, 0.4) is 0 Å². The Balaban J connectivity index is 2.65. The molecular formula is C23H29N2O6S2+. The molecule has 0 aliphatic rings. The molecule has 0 unspecified atom stereocenters. The largest absolute Gasteiger partial charge is 0.465 e. The number of ether oxygens (including phenoxy) is 2. The average molecular weight is 494 g/mol. The summed E-state index contributed by atoms with van der Waals surface area (Å²) in [5.41, 5.74) is 2.56. The number of thioether (sulfide) groups is 1. The Morgan fingerprint density at radius 1 is 0.939 bits per heavy atom. The molecule has 0 amide bonds. The maximum absolute atomic E-state index is 13.1. The average Bonchev–Trinajstić information content (AvgIpc) is 2.72. The summed E-state index contributed by atoms with van der Waals surface area (Å²) >= 11 is 0.856. The first-order chi connectivity index (χ1) is 15.6. The maximum Gasteiger partial charge on any atom is 0.407 e. The van der Waals surface area contributed by atoms with Crippen LogP contribution in [0.15, 0.2) is 52.7 Å². The number of rotatable bonds is 10. The molecule has 0 aliphatic heterocycles. The van der Waals surface area contributed by atoms with Crippen LogP contribution < -0.4 is 9.29 Å². The van der Waals surface area contributed by atoms with Crippen LogP contribution in [0, 0.1) is 20.8 Å². The van der Waals surface area contributed by atoms with Gasteiger partial charge in [-0.1, -0.05) is 29.5 Å². The number of sulfonamides is 1. The van der Waals surface area contributed by atoms with E-state index in [2.05, 4.69) is 4.72 Å². The molecule has 0 spiro atoms. The van der Waals surface area contributed by atoms with E-state index >= 15 is 0 Å². The number of carbonyl (C=O) groups excluding carboxylic acids is 2. The molecule has 10 heteroatoms. The SMILES string of the molecule is CCOC(=O)CSC(NS(=O)(=O)c1ccc(C)cc1)=C(C(=O)OCC)[n+]1cc(C)cc(C)c1. The molecule has 8 nitrogen and oxygen atoms in total. The monoisotopic (exact) mass is 493 g/mol. The highest BCUT2D eigenvalue weighted by Crippen LogP contribution is 2.23. The van der Waals surface area contributed by atoms with Crippen molar-refractivity contribution >= 4 is 39.4 Å². The van der Waals surface area contributed by atoms with E-state index in [-0.39, 0.29) is 34.6 Å². The minimum Gasteiger partial charge on any atom is -0.465 e. The van der Waals surface area contributed by atoms with E-state index in [0.717, 1.165) is 28.5 Å². The van der Waals surface area contributed by atoms with Crippen molar-refractivity contribution in [2.45, 2.75) is 39.5 Å². The molecule has 0 saturated carbocycles.